The van der Waals surface area contributed by atoms with Crippen molar-refractivity contribution in [3.8, 4) is 0 Å². The normalized spacial score (nSPS) is 15.8. The third-order valence-electron chi connectivity index (χ3n) is 4.71. The van der Waals surface area contributed by atoms with Crippen LogP contribution in [-0.4, -0.2) is 33.3 Å². The Hall–Kier alpha value is -0.860. The van der Waals surface area contributed by atoms with Gasteiger partial charge in [-0.25, -0.2) is 4.99 Å². The molecule has 0 saturated heterocycles. The number of rotatable bonds is 8. The minimum absolute atomic E-state index is 0. The van der Waals surface area contributed by atoms with E-state index in [9.17, 15) is 0 Å². The molecule has 1 aromatic rings. The molecule has 1 aliphatic heterocycles. The monoisotopic (exact) mass is 476 g/mol. The highest BCUT2D eigenvalue weighted by molar-refractivity contribution is 14.0. The fraction of sp³-hybridized carbons (Fsp3) is 0.842. The number of fused-ring (bicyclic) bond motifs is 1. The van der Waals surface area contributed by atoms with Crippen LogP contribution in [0.3, 0.4) is 0 Å². The number of aromatic nitrogens is 3. The maximum atomic E-state index is 4.75. The summed E-state index contributed by atoms with van der Waals surface area (Å²) in [7, 11) is 0. The van der Waals surface area contributed by atoms with Crippen molar-refractivity contribution in [2.45, 2.75) is 91.8 Å². The van der Waals surface area contributed by atoms with E-state index in [0.29, 0.717) is 12.6 Å². The smallest absolute Gasteiger partial charge is 0.191 e. The van der Waals surface area contributed by atoms with E-state index >= 15 is 0 Å². The Morgan fingerprint density at radius 2 is 1.96 bits per heavy atom. The third-order valence-corrected chi connectivity index (χ3v) is 4.71. The van der Waals surface area contributed by atoms with E-state index < -0.39 is 0 Å². The maximum Gasteiger partial charge on any atom is 0.191 e. The zero-order valence-electron chi connectivity index (χ0n) is 16.9. The average molecular weight is 476 g/mol. The summed E-state index contributed by atoms with van der Waals surface area (Å²) in [5.41, 5.74) is 0. The molecule has 1 aromatic heterocycles. The molecule has 6 nitrogen and oxygen atoms in total. The molecule has 0 bridgehead atoms. The summed E-state index contributed by atoms with van der Waals surface area (Å²) >= 11 is 0. The zero-order valence-corrected chi connectivity index (χ0v) is 19.3. The first kappa shape index (κ1) is 23.2. The summed E-state index contributed by atoms with van der Waals surface area (Å²) in [6, 6.07) is 0.423. The van der Waals surface area contributed by atoms with Crippen molar-refractivity contribution in [1.82, 2.24) is 25.4 Å². The second-order valence-electron chi connectivity index (χ2n) is 7.56. The first-order chi connectivity index (χ1) is 12.1. The summed E-state index contributed by atoms with van der Waals surface area (Å²) in [5.74, 6) is 3.77. The molecule has 2 rings (SSSR count). The summed E-state index contributed by atoms with van der Waals surface area (Å²) in [6.45, 7) is 11.4. The van der Waals surface area contributed by atoms with E-state index in [1.807, 2.05) is 0 Å². The van der Waals surface area contributed by atoms with Gasteiger partial charge in [-0.1, -0.05) is 33.1 Å². The number of hydrogen-bond acceptors (Lipinski definition) is 3. The number of nitrogens with zero attached hydrogens (tertiary/aromatic N) is 4. The minimum atomic E-state index is 0. The highest BCUT2D eigenvalue weighted by atomic mass is 127. The Morgan fingerprint density at radius 3 is 2.69 bits per heavy atom. The summed E-state index contributed by atoms with van der Waals surface area (Å²) in [4.78, 5) is 4.75. The Bertz CT molecular complexity index is 540. The van der Waals surface area contributed by atoms with Crippen LogP contribution in [0.5, 0.6) is 0 Å². The number of hydrogen-bond donors (Lipinski definition) is 2. The Kier molecular flexibility index (Phi) is 11.2. The number of nitrogens with one attached hydrogen (secondary N) is 2. The van der Waals surface area contributed by atoms with Gasteiger partial charge in [0.2, 0.25) is 0 Å². The lowest BCUT2D eigenvalue weighted by Crippen LogP contribution is -2.42. The lowest BCUT2D eigenvalue weighted by molar-refractivity contribution is 0.491. The van der Waals surface area contributed by atoms with Crippen LogP contribution in [0.2, 0.25) is 0 Å². The SMILES string of the molecule is CCNC(=NCc1nnc2n1CCCCC2)NC(C)CCCC(C)C.I. The van der Waals surface area contributed by atoms with Crippen LogP contribution in [0.4, 0.5) is 0 Å². The fourth-order valence-corrected chi connectivity index (χ4v) is 3.27. The van der Waals surface area contributed by atoms with Crippen molar-refractivity contribution in [3.05, 3.63) is 11.6 Å². The standard InChI is InChI=1S/C19H36N6.HI/c1-5-20-19(22-16(4)11-9-10-15(2)3)21-14-18-24-23-17-12-7-6-8-13-25(17)18;/h15-16H,5-14H2,1-4H3,(H2,20,21,22);1H. The van der Waals surface area contributed by atoms with E-state index in [2.05, 4.69) is 53.1 Å². The number of guanidine groups is 1. The molecule has 2 heterocycles. The molecule has 0 radical (unpaired) electrons. The molecular formula is C19H37IN6. The van der Waals surface area contributed by atoms with E-state index in [4.69, 9.17) is 4.99 Å². The van der Waals surface area contributed by atoms with Gasteiger partial charge in [-0.2, -0.15) is 0 Å². The molecule has 1 unspecified atom stereocenters. The van der Waals surface area contributed by atoms with Gasteiger partial charge in [0.15, 0.2) is 11.8 Å². The first-order valence-electron chi connectivity index (χ1n) is 10.1. The highest BCUT2D eigenvalue weighted by Gasteiger charge is 2.14. The lowest BCUT2D eigenvalue weighted by atomic mass is 10.0. The summed E-state index contributed by atoms with van der Waals surface area (Å²) < 4.78 is 2.27. The molecule has 0 spiro atoms. The van der Waals surface area contributed by atoms with Gasteiger partial charge >= 0.3 is 0 Å². The van der Waals surface area contributed by atoms with Crippen molar-refractivity contribution in [1.29, 1.82) is 0 Å². The van der Waals surface area contributed by atoms with Gasteiger partial charge in [-0.15, -0.1) is 34.2 Å². The zero-order chi connectivity index (χ0) is 18.1. The quantitative estimate of drug-likeness (QED) is 0.340. The fourth-order valence-electron chi connectivity index (χ4n) is 3.27. The van der Waals surface area contributed by atoms with E-state index in [1.165, 1.54) is 38.5 Å². The summed E-state index contributed by atoms with van der Waals surface area (Å²) in [6.07, 6.45) is 8.47. The van der Waals surface area contributed by atoms with Crippen LogP contribution < -0.4 is 10.6 Å². The van der Waals surface area contributed by atoms with Crippen LogP contribution in [-0.2, 0) is 19.5 Å². The summed E-state index contributed by atoms with van der Waals surface area (Å²) in [5, 5.41) is 15.6. The van der Waals surface area contributed by atoms with E-state index in [0.717, 1.165) is 43.0 Å². The van der Waals surface area contributed by atoms with Gasteiger partial charge in [0.1, 0.15) is 12.4 Å². The van der Waals surface area contributed by atoms with Crippen LogP contribution in [0.25, 0.3) is 0 Å². The molecule has 7 heteroatoms. The molecule has 1 aliphatic rings. The number of aliphatic imine (C=N–C) groups is 1. The highest BCUT2D eigenvalue weighted by Crippen LogP contribution is 2.15. The molecule has 0 aliphatic carbocycles. The van der Waals surface area contributed by atoms with Crippen LogP contribution in [0.15, 0.2) is 4.99 Å². The third kappa shape index (κ3) is 7.80. The Balaban J connectivity index is 0.00000338. The first-order valence-corrected chi connectivity index (χ1v) is 10.1. The second kappa shape index (κ2) is 12.5. The van der Waals surface area contributed by atoms with Gasteiger partial charge in [0.25, 0.3) is 0 Å². The predicted octanol–water partition coefficient (Wildman–Crippen LogP) is 3.89. The van der Waals surface area contributed by atoms with Crippen molar-refractivity contribution in [2.75, 3.05) is 6.54 Å². The molecule has 26 heavy (non-hydrogen) atoms. The molecule has 0 saturated carbocycles. The van der Waals surface area contributed by atoms with Crippen molar-refractivity contribution in [3.63, 3.8) is 0 Å². The Morgan fingerprint density at radius 1 is 1.15 bits per heavy atom. The van der Waals surface area contributed by atoms with Crippen molar-refractivity contribution in [2.24, 2.45) is 10.9 Å². The van der Waals surface area contributed by atoms with Crippen LogP contribution in [0.1, 0.15) is 77.9 Å². The molecule has 0 amide bonds. The molecule has 150 valence electrons. The Labute approximate surface area is 176 Å². The largest absolute Gasteiger partial charge is 0.357 e. The van der Waals surface area contributed by atoms with Gasteiger partial charge < -0.3 is 15.2 Å². The van der Waals surface area contributed by atoms with E-state index in [-0.39, 0.29) is 24.0 Å². The van der Waals surface area contributed by atoms with E-state index in [1.54, 1.807) is 0 Å². The predicted molar refractivity (Wildman–Crippen MR) is 119 cm³/mol. The molecule has 0 fully saturated rings. The molecule has 1 atom stereocenters. The molecule has 0 aromatic carbocycles. The lowest BCUT2D eigenvalue weighted by Gasteiger charge is -2.18. The van der Waals surface area contributed by atoms with Gasteiger partial charge in [-0.05, 0) is 39.0 Å². The van der Waals surface area contributed by atoms with Gasteiger partial charge in [-0.3, -0.25) is 0 Å². The number of aryl methyl sites for hydroxylation is 1. The van der Waals surface area contributed by atoms with Gasteiger partial charge in [0, 0.05) is 25.6 Å². The topological polar surface area (TPSA) is 67.1 Å². The van der Waals surface area contributed by atoms with Gasteiger partial charge in [0.05, 0.1) is 0 Å². The van der Waals surface area contributed by atoms with Crippen LogP contribution >= 0.6 is 24.0 Å². The van der Waals surface area contributed by atoms with Crippen molar-refractivity contribution >= 4 is 29.9 Å². The average Bonchev–Trinajstić information content (AvgIpc) is 2.79. The molecule has 2 N–H and O–H groups in total. The molecular weight excluding hydrogens is 439 g/mol. The minimum Gasteiger partial charge on any atom is -0.357 e. The van der Waals surface area contributed by atoms with Crippen molar-refractivity contribution < 1.29 is 0 Å². The van der Waals surface area contributed by atoms with Crippen LogP contribution in [0, 0.1) is 5.92 Å². The number of halogens is 1. The second-order valence-corrected chi connectivity index (χ2v) is 7.56. The maximum absolute atomic E-state index is 4.75.